The third kappa shape index (κ3) is 5.44. The molecule has 8 nitrogen and oxygen atoms in total. The fourth-order valence-electron chi connectivity index (χ4n) is 3.42. The number of methoxy groups -OCH3 is 1. The summed E-state index contributed by atoms with van der Waals surface area (Å²) in [6.07, 6.45) is 1.54. The minimum Gasteiger partial charge on any atom is -0.493 e. The first-order valence-electron chi connectivity index (χ1n) is 10.3. The van der Waals surface area contributed by atoms with Gasteiger partial charge in [-0.3, -0.25) is 4.79 Å². The number of halogens is 2. The van der Waals surface area contributed by atoms with Gasteiger partial charge in [0.15, 0.2) is 11.5 Å². The lowest BCUT2D eigenvalue weighted by atomic mass is 10.1. The van der Waals surface area contributed by atoms with Crippen molar-refractivity contribution in [3.05, 3.63) is 96.4 Å². The van der Waals surface area contributed by atoms with Crippen molar-refractivity contribution in [1.82, 2.24) is 9.66 Å². The van der Waals surface area contributed by atoms with Crippen molar-refractivity contribution < 1.29 is 19.4 Å². The summed E-state index contributed by atoms with van der Waals surface area (Å²) in [5, 5.41) is 14.0. The van der Waals surface area contributed by atoms with E-state index in [0.717, 1.165) is 4.47 Å². The largest absolute Gasteiger partial charge is 0.493 e. The van der Waals surface area contributed by atoms with Crippen molar-refractivity contribution in [1.29, 1.82) is 0 Å². The molecular formula is C25H19Br2N3O5. The zero-order chi connectivity index (χ0) is 25.1. The second kappa shape index (κ2) is 10.4. The van der Waals surface area contributed by atoms with Gasteiger partial charge >= 0.3 is 5.97 Å². The van der Waals surface area contributed by atoms with E-state index in [2.05, 4.69) is 41.9 Å². The first-order chi connectivity index (χ1) is 16.8. The van der Waals surface area contributed by atoms with Crippen LogP contribution >= 0.6 is 31.9 Å². The Morgan fingerprint density at radius 2 is 1.97 bits per heavy atom. The Labute approximate surface area is 217 Å². The number of hydrogen-bond donors (Lipinski definition) is 1. The average Bonchev–Trinajstić information content (AvgIpc) is 2.83. The Morgan fingerprint density at radius 3 is 2.71 bits per heavy atom. The summed E-state index contributed by atoms with van der Waals surface area (Å²) in [7, 11) is 1.51. The van der Waals surface area contributed by atoms with E-state index in [9.17, 15) is 14.7 Å². The van der Waals surface area contributed by atoms with Gasteiger partial charge < -0.3 is 14.6 Å². The summed E-state index contributed by atoms with van der Waals surface area (Å²) >= 11 is 6.88. The standard InChI is InChI=1S/C25H19Br2N3O5/c1-14-29-21-7-6-18(26)11-19(21)24(31)30(14)28-12-16-9-20(27)23(22(10-16)34-2)35-13-15-4-3-5-17(8-15)25(32)33/h3-12H,13H2,1-2H3,(H,32,33). The van der Waals surface area contributed by atoms with Gasteiger partial charge in [0.1, 0.15) is 12.4 Å². The monoisotopic (exact) mass is 599 g/mol. The maximum atomic E-state index is 13.0. The average molecular weight is 601 g/mol. The van der Waals surface area contributed by atoms with Crippen molar-refractivity contribution in [2.24, 2.45) is 5.10 Å². The smallest absolute Gasteiger partial charge is 0.335 e. The molecule has 1 N–H and O–H groups in total. The Hall–Kier alpha value is -3.50. The van der Waals surface area contributed by atoms with Crippen molar-refractivity contribution in [3.8, 4) is 11.5 Å². The number of carbonyl (C=O) groups is 1. The van der Waals surface area contributed by atoms with E-state index < -0.39 is 5.97 Å². The Balaban J connectivity index is 1.62. The molecule has 0 spiro atoms. The zero-order valence-electron chi connectivity index (χ0n) is 18.7. The number of carboxylic acids is 1. The van der Waals surface area contributed by atoms with Crippen LogP contribution < -0.4 is 15.0 Å². The second-order valence-electron chi connectivity index (χ2n) is 7.51. The predicted molar refractivity (Wildman–Crippen MR) is 140 cm³/mol. The second-order valence-corrected chi connectivity index (χ2v) is 9.28. The number of aryl methyl sites for hydroxylation is 1. The summed E-state index contributed by atoms with van der Waals surface area (Å²) in [6.45, 7) is 1.86. The van der Waals surface area contributed by atoms with E-state index in [-0.39, 0.29) is 17.7 Å². The van der Waals surface area contributed by atoms with Gasteiger partial charge in [0, 0.05) is 4.47 Å². The summed E-state index contributed by atoms with van der Waals surface area (Å²) in [6, 6.07) is 15.4. The quantitative estimate of drug-likeness (QED) is 0.285. The maximum Gasteiger partial charge on any atom is 0.335 e. The molecule has 0 radical (unpaired) electrons. The lowest BCUT2D eigenvalue weighted by molar-refractivity contribution is 0.0696. The third-order valence-corrected chi connectivity index (χ3v) is 6.18. The van der Waals surface area contributed by atoms with E-state index in [1.54, 1.807) is 49.4 Å². The van der Waals surface area contributed by atoms with Crippen LogP contribution in [0.4, 0.5) is 0 Å². The molecule has 0 amide bonds. The highest BCUT2D eigenvalue weighted by Crippen LogP contribution is 2.37. The molecule has 0 aliphatic carbocycles. The van der Waals surface area contributed by atoms with Gasteiger partial charge in [-0.25, -0.2) is 9.78 Å². The molecule has 178 valence electrons. The zero-order valence-corrected chi connectivity index (χ0v) is 21.8. The molecule has 35 heavy (non-hydrogen) atoms. The lowest BCUT2D eigenvalue weighted by Crippen LogP contribution is -2.20. The summed E-state index contributed by atoms with van der Waals surface area (Å²) in [5.74, 6) is 0.351. The Kier molecular flexibility index (Phi) is 7.32. The van der Waals surface area contributed by atoms with Gasteiger partial charge in [-0.1, -0.05) is 28.1 Å². The number of benzene rings is 3. The SMILES string of the molecule is COc1cc(C=Nn2c(C)nc3ccc(Br)cc3c2=O)cc(Br)c1OCc1cccc(C(=O)O)c1. The highest BCUT2D eigenvalue weighted by atomic mass is 79.9. The first kappa shape index (κ1) is 24.6. The van der Waals surface area contributed by atoms with Gasteiger partial charge in [-0.15, -0.1) is 0 Å². The van der Waals surface area contributed by atoms with Crippen LogP contribution in [0, 0.1) is 6.92 Å². The van der Waals surface area contributed by atoms with Crippen LogP contribution in [0.1, 0.15) is 27.3 Å². The third-order valence-electron chi connectivity index (χ3n) is 5.10. The van der Waals surface area contributed by atoms with Crippen LogP contribution in [0.3, 0.4) is 0 Å². The van der Waals surface area contributed by atoms with Crippen molar-refractivity contribution in [3.63, 3.8) is 0 Å². The molecule has 0 atom stereocenters. The number of aromatic nitrogens is 2. The highest BCUT2D eigenvalue weighted by molar-refractivity contribution is 9.10. The minimum absolute atomic E-state index is 0.149. The number of carboxylic acid groups (broad SMARTS) is 1. The fraction of sp³-hybridized carbons (Fsp3) is 0.120. The van der Waals surface area contributed by atoms with Crippen molar-refractivity contribution in [2.45, 2.75) is 13.5 Å². The fourth-order valence-corrected chi connectivity index (χ4v) is 4.36. The van der Waals surface area contributed by atoms with E-state index in [1.165, 1.54) is 24.1 Å². The molecule has 4 aromatic rings. The molecular weight excluding hydrogens is 582 g/mol. The molecule has 0 aliphatic heterocycles. The number of ether oxygens (including phenoxy) is 2. The molecule has 3 aromatic carbocycles. The van der Waals surface area contributed by atoms with Crippen LogP contribution in [0.25, 0.3) is 10.9 Å². The maximum absolute atomic E-state index is 13.0. The normalized spacial score (nSPS) is 11.2. The highest BCUT2D eigenvalue weighted by Gasteiger charge is 2.13. The van der Waals surface area contributed by atoms with Gasteiger partial charge in [-0.05, 0) is 76.4 Å². The molecule has 0 unspecified atom stereocenters. The van der Waals surface area contributed by atoms with Crippen LogP contribution in [-0.2, 0) is 6.61 Å². The number of rotatable bonds is 7. The van der Waals surface area contributed by atoms with Crippen molar-refractivity contribution in [2.75, 3.05) is 7.11 Å². The van der Waals surface area contributed by atoms with Crippen LogP contribution in [0.2, 0.25) is 0 Å². The van der Waals surface area contributed by atoms with Gasteiger partial charge in [0.05, 0.1) is 34.3 Å². The van der Waals surface area contributed by atoms with E-state index in [0.29, 0.717) is 43.8 Å². The summed E-state index contributed by atoms with van der Waals surface area (Å²) < 4.78 is 14.0. The lowest BCUT2D eigenvalue weighted by Gasteiger charge is -2.14. The van der Waals surface area contributed by atoms with Crippen LogP contribution in [0.15, 0.2) is 73.4 Å². The van der Waals surface area contributed by atoms with Crippen LogP contribution in [-0.4, -0.2) is 34.1 Å². The van der Waals surface area contributed by atoms with Crippen molar-refractivity contribution >= 4 is 54.9 Å². The topological polar surface area (TPSA) is 103 Å². The molecule has 0 aliphatic rings. The Bertz CT molecular complexity index is 1530. The van der Waals surface area contributed by atoms with E-state index >= 15 is 0 Å². The van der Waals surface area contributed by atoms with Gasteiger partial charge in [0.25, 0.3) is 5.56 Å². The first-order valence-corrected chi connectivity index (χ1v) is 11.9. The number of nitrogens with zero attached hydrogens (tertiary/aromatic N) is 3. The van der Waals surface area contributed by atoms with E-state index in [4.69, 9.17) is 9.47 Å². The number of hydrogen-bond acceptors (Lipinski definition) is 6. The molecule has 4 rings (SSSR count). The van der Waals surface area contributed by atoms with Gasteiger partial charge in [-0.2, -0.15) is 9.78 Å². The molecule has 1 aromatic heterocycles. The molecule has 0 fully saturated rings. The van der Waals surface area contributed by atoms with Gasteiger partial charge in [0.2, 0.25) is 0 Å². The summed E-state index contributed by atoms with van der Waals surface area (Å²) in [5.41, 5.74) is 1.87. The number of aromatic carboxylic acids is 1. The molecule has 10 heteroatoms. The number of fused-ring (bicyclic) bond motifs is 1. The van der Waals surface area contributed by atoms with Crippen LogP contribution in [0.5, 0.6) is 11.5 Å². The van der Waals surface area contributed by atoms with E-state index in [1.807, 2.05) is 6.07 Å². The Morgan fingerprint density at radius 1 is 1.17 bits per heavy atom. The molecule has 1 heterocycles. The predicted octanol–water partition coefficient (Wildman–Crippen LogP) is 5.40. The minimum atomic E-state index is -1.00. The molecule has 0 bridgehead atoms. The molecule has 0 saturated heterocycles. The molecule has 0 saturated carbocycles. The summed E-state index contributed by atoms with van der Waals surface area (Å²) in [4.78, 5) is 28.6.